The number of nitriles is 1. The van der Waals surface area contributed by atoms with E-state index in [2.05, 4.69) is 36.8 Å². The topological polar surface area (TPSA) is 36.7 Å². The summed E-state index contributed by atoms with van der Waals surface area (Å²) in [5.41, 5.74) is -0.110. The first kappa shape index (κ1) is 11.5. The van der Waals surface area contributed by atoms with Crippen LogP contribution in [0, 0.1) is 11.3 Å². The van der Waals surface area contributed by atoms with Crippen molar-refractivity contribution in [2.75, 3.05) is 0 Å². The van der Waals surface area contributed by atoms with Crippen molar-refractivity contribution in [2.24, 2.45) is 0 Å². The fourth-order valence-corrected chi connectivity index (χ4v) is 2.15. The lowest BCUT2D eigenvalue weighted by molar-refractivity contribution is 0.145. The van der Waals surface area contributed by atoms with Crippen LogP contribution in [0.25, 0.3) is 0 Å². The van der Waals surface area contributed by atoms with E-state index in [1.54, 1.807) is 6.07 Å². The molecule has 1 aromatic heterocycles. The Hall–Kier alpha value is -0.540. The normalized spacial score (nSPS) is 10.3. The van der Waals surface area contributed by atoms with Crippen LogP contribution in [0.15, 0.2) is 10.5 Å². The van der Waals surface area contributed by atoms with Gasteiger partial charge in [0.1, 0.15) is 11.8 Å². The van der Waals surface area contributed by atoms with Crippen molar-refractivity contribution >= 4 is 31.9 Å². The van der Waals surface area contributed by atoms with Gasteiger partial charge in [-0.25, -0.2) is 13.8 Å². The smallest absolute Gasteiger partial charge is 0.248 e. The van der Waals surface area contributed by atoms with Gasteiger partial charge in [0, 0.05) is 9.80 Å². The zero-order chi connectivity index (χ0) is 10.7. The molecule has 0 spiro atoms. The highest BCUT2D eigenvalue weighted by atomic mass is 79.9. The summed E-state index contributed by atoms with van der Waals surface area (Å²) in [6.45, 7) is 0. The zero-order valence-electron chi connectivity index (χ0n) is 6.77. The molecule has 14 heavy (non-hydrogen) atoms. The average molecular weight is 326 g/mol. The van der Waals surface area contributed by atoms with Crippen molar-refractivity contribution in [2.45, 2.75) is 11.8 Å². The van der Waals surface area contributed by atoms with Gasteiger partial charge in [0.05, 0.1) is 11.3 Å². The van der Waals surface area contributed by atoms with Crippen molar-refractivity contribution in [1.82, 2.24) is 4.98 Å². The Morgan fingerprint density at radius 2 is 2.21 bits per heavy atom. The Morgan fingerprint density at radius 3 is 2.64 bits per heavy atom. The average Bonchev–Trinajstić information content (AvgIpc) is 2.16. The van der Waals surface area contributed by atoms with Gasteiger partial charge in [0.2, 0.25) is 0 Å². The van der Waals surface area contributed by atoms with Crippen LogP contribution in [0.4, 0.5) is 8.78 Å². The molecule has 0 amide bonds. The fourth-order valence-electron chi connectivity index (χ4n) is 0.893. The van der Waals surface area contributed by atoms with Crippen LogP contribution in [0.2, 0.25) is 0 Å². The second kappa shape index (κ2) is 4.80. The second-order valence-corrected chi connectivity index (χ2v) is 3.81. The molecule has 0 unspecified atom stereocenters. The van der Waals surface area contributed by atoms with Crippen LogP contribution in [0.3, 0.4) is 0 Å². The summed E-state index contributed by atoms with van der Waals surface area (Å²) >= 11 is 6.26. The lowest BCUT2D eigenvalue weighted by atomic mass is 10.2. The molecule has 6 heteroatoms. The van der Waals surface area contributed by atoms with Crippen LogP contribution in [-0.2, 0) is 5.33 Å². The third-order valence-corrected chi connectivity index (χ3v) is 2.75. The number of aromatic nitrogens is 1. The molecule has 2 nitrogen and oxygen atoms in total. The quantitative estimate of drug-likeness (QED) is 0.780. The fraction of sp³-hybridized carbons (Fsp3) is 0.250. The highest BCUT2D eigenvalue weighted by Gasteiger charge is 2.17. The predicted molar refractivity (Wildman–Crippen MR) is 54.2 cm³/mol. The Bertz CT molecular complexity index is 388. The summed E-state index contributed by atoms with van der Waals surface area (Å²) in [7, 11) is 0. The predicted octanol–water partition coefficient (Wildman–Crippen LogP) is 3.55. The maximum atomic E-state index is 12.4. The Kier molecular flexibility index (Phi) is 3.96. The van der Waals surface area contributed by atoms with Gasteiger partial charge in [-0.1, -0.05) is 15.9 Å². The summed E-state index contributed by atoms with van der Waals surface area (Å²) in [5, 5.41) is 8.96. The highest BCUT2D eigenvalue weighted by Crippen LogP contribution is 2.26. The van der Waals surface area contributed by atoms with Crippen LogP contribution in [0.1, 0.15) is 23.4 Å². The number of nitrogens with zero attached hydrogens (tertiary/aromatic N) is 2. The van der Waals surface area contributed by atoms with Gasteiger partial charge < -0.3 is 0 Å². The highest BCUT2D eigenvalue weighted by molar-refractivity contribution is 9.10. The van der Waals surface area contributed by atoms with Crippen molar-refractivity contribution in [3.63, 3.8) is 0 Å². The molecule has 0 bridgehead atoms. The van der Waals surface area contributed by atoms with Crippen molar-refractivity contribution in [3.05, 3.63) is 27.5 Å². The Balaban J connectivity index is 3.34. The minimum Gasteiger partial charge on any atom is -0.248 e. The van der Waals surface area contributed by atoms with E-state index in [0.717, 1.165) is 0 Å². The molecule has 0 aliphatic rings. The summed E-state index contributed by atoms with van der Waals surface area (Å²) < 4.78 is 25.4. The minimum atomic E-state index is -2.73. The van der Waals surface area contributed by atoms with Crippen molar-refractivity contribution in [3.8, 4) is 6.07 Å². The molecule has 0 aliphatic heterocycles. The Labute approximate surface area is 96.2 Å². The van der Waals surface area contributed by atoms with Crippen LogP contribution >= 0.6 is 31.9 Å². The van der Waals surface area contributed by atoms with Crippen molar-refractivity contribution in [1.29, 1.82) is 5.26 Å². The minimum absolute atomic E-state index is 0.100. The molecule has 0 atom stereocenters. The molecular formula is C8H4Br2F2N2. The number of rotatable bonds is 2. The van der Waals surface area contributed by atoms with Gasteiger partial charge in [-0.05, 0) is 22.0 Å². The number of alkyl halides is 3. The molecule has 0 saturated heterocycles. The molecule has 1 rings (SSSR count). The first-order valence-corrected chi connectivity index (χ1v) is 5.45. The van der Waals surface area contributed by atoms with Gasteiger partial charge in [0.15, 0.2) is 0 Å². The van der Waals surface area contributed by atoms with E-state index >= 15 is 0 Å². The monoisotopic (exact) mass is 324 g/mol. The number of hydrogen-bond donors (Lipinski definition) is 0. The molecule has 0 radical (unpaired) electrons. The maximum Gasteiger partial charge on any atom is 0.281 e. The van der Waals surface area contributed by atoms with Gasteiger partial charge in [-0.3, -0.25) is 0 Å². The van der Waals surface area contributed by atoms with E-state index in [-0.39, 0.29) is 5.56 Å². The number of hydrogen-bond acceptors (Lipinski definition) is 2. The third-order valence-electron chi connectivity index (χ3n) is 1.53. The van der Waals surface area contributed by atoms with Gasteiger partial charge in [-0.2, -0.15) is 5.26 Å². The first-order chi connectivity index (χ1) is 6.60. The largest absolute Gasteiger partial charge is 0.281 e. The number of pyridine rings is 1. The third kappa shape index (κ3) is 2.28. The van der Waals surface area contributed by atoms with Crippen LogP contribution in [-0.4, -0.2) is 4.98 Å². The van der Waals surface area contributed by atoms with Gasteiger partial charge >= 0.3 is 0 Å². The van der Waals surface area contributed by atoms with E-state index in [9.17, 15) is 8.78 Å². The van der Waals surface area contributed by atoms with Crippen molar-refractivity contribution < 1.29 is 8.78 Å². The van der Waals surface area contributed by atoms with E-state index in [1.807, 2.05) is 0 Å². The van der Waals surface area contributed by atoms with E-state index in [1.165, 1.54) is 6.07 Å². The number of halogens is 4. The summed E-state index contributed by atoms with van der Waals surface area (Å²) in [6.07, 6.45) is -2.73. The molecule has 0 fully saturated rings. The molecule has 0 saturated carbocycles. The van der Waals surface area contributed by atoms with E-state index in [0.29, 0.717) is 15.5 Å². The van der Waals surface area contributed by atoms with Crippen LogP contribution < -0.4 is 0 Å². The summed E-state index contributed by atoms with van der Waals surface area (Å²) in [6, 6.07) is 3.03. The van der Waals surface area contributed by atoms with Crippen LogP contribution in [0.5, 0.6) is 0 Å². The lowest BCUT2D eigenvalue weighted by Crippen LogP contribution is -1.99. The molecule has 1 heterocycles. The first-order valence-electron chi connectivity index (χ1n) is 3.53. The van der Waals surface area contributed by atoms with Gasteiger partial charge in [-0.15, -0.1) is 0 Å². The molecule has 1 aromatic rings. The van der Waals surface area contributed by atoms with E-state index in [4.69, 9.17) is 5.26 Å². The zero-order valence-corrected chi connectivity index (χ0v) is 9.94. The SMILES string of the molecule is N#Cc1cc(Br)c(CBr)nc1C(F)F. The molecule has 0 aromatic carbocycles. The molecule has 74 valence electrons. The van der Waals surface area contributed by atoms with E-state index < -0.39 is 12.1 Å². The molecule has 0 aliphatic carbocycles. The van der Waals surface area contributed by atoms with Gasteiger partial charge in [0.25, 0.3) is 6.43 Å². The second-order valence-electron chi connectivity index (χ2n) is 2.40. The Morgan fingerprint density at radius 1 is 1.57 bits per heavy atom. The molecule has 0 N–H and O–H groups in total. The molecular weight excluding hydrogens is 322 g/mol. The standard InChI is InChI=1S/C8H4Br2F2N2/c9-2-6-5(10)1-4(3-13)7(14-6)8(11)12/h1,8H,2H2. The summed E-state index contributed by atoms with van der Waals surface area (Å²) in [4.78, 5) is 3.69. The lowest BCUT2D eigenvalue weighted by Gasteiger charge is -2.05. The summed E-state index contributed by atoms with van der Waals surface area (Å²) in [5.74, 6) is 0. The maximum absolute atomic E-state index is 12.4.